The van der Waals surface area contributed by atoms with Gasteiger partial charge in [0.1, 0.15) is 0 Å². The lowest BCUT2D eigenvalue weighted by Crippen LogP contribution is -2.00. The summed E-state index contributed by atoms with van der Waals surface area (Å²) in [5, 5.41) is 13.8. The molecular weight excluding hydrogens is 295 g/mol. The molecule has 0 aliphatic heterocycles. The highest BCUT2D eigenvalue weighted by molar-refractivity contribution is 6.33. The van der Waals surface area contributed by atoms with Gasteiger partial charge in [0.05, 0.1) is 5.02 Å². The van der Waals surface area contributed by atoms with E-state index in [1.54, 1.807) is 4.52 Å². The molecule has 6 heteroatoms. The van der Waals surface area contributed by atoms with Crippen molar-refractivity contribution in [3.05, 3.63) is 45.1 Å². The largest absolute Gasteiger partial charge is 0.191 e. The smallest absolute Gasteiger partial charge is 0.186 e. The number of aromatic nitrogens is 4. The third-order valence-corrected chi connectivity index (χ3v) is 4.07. The van der Waals surface area contributed by atoms with Crippen molar-refractivity contribution < 1.29 is 0 Å². The number of hydrogen-bond acceptors (Lipinski definition) is 3. The van der Waals surface area contributed by atoms with E-state index in [2.05, 4.69) is 15.3 Å². The second kappa shape index (κ2) is 4.72. The Bertz CT molecular complexity index is 824. The molecule has 0 N–H and O–H groups in total. The molecule has 0 bridgehead atoms. The van der Waals surface area contributed by atoms with E-state index in [4.69, 9.17) is 23.2 Å². The van der Waals surface area contributed by atoms with Gasteiger partial charge in [-0.25, -0.2) is 0 Å². The molecule has 2 heterocycles. The Morgan fingerprint density at radius 3 is 2.45 bits per heavy atom. The van der Waals surface area contributed by atoms with Crippen LogP contribution in [-0.2, 0) is 0 Å². The lowest BCUT2D eigenvalue weighted by molar-refractivity contribution is 0.919. The van der Waals surface area contributed by atoms with Crippen LogP contribution in [0.4, 0.5) is 0 Å². The minimum absolute atomic E-state index is 0.444. The van der Waals surface area contributed by atoms with Gasteiger partial charge in [-0.1, -0.05) is 29.3 Å². The van der Waals surface area contributed by atoms with Crippen LogP contribution in [0.25, 0.3) is 17.0 Å². The van der Waals surface area contributed by atoms with Crippen molar-refractivity contribution in [2.45, 2.75) is 20.8 Å². The lowest BCUT2D eigenvalue weighted by atomic mass is 10.1. The van der Waals surface area contributed by atoms with E-state index in [0.717, 1.165) is 22.3 Å². The van der Waals surface area contributed by atoms with Crippen molar-refractivity contribution in [2.75, 3.05) is 0 Å². The predicted molar refractivity (Wildman–Crippen MR) is 80.4 cm³/mol. The molecule has 0 saturated heterocycles. The summed E-state index contributed by atoms with van der Waals surface area (Å²) >= 11 is 12.4. The Labute approximate surface area is 126 Å². The zero-order valence-corrected chi connectivity index (χ0v) is 12.8. The van der Waals surface area contributed by atoms with Crippen LogP contribution >= 0.6 is 23.2 Å². The maximum absolute atomic E-state index is 6.29. The van der Waals surface area contributed by atoms with Gasteiger partial charge in [0.25, 0.3) is 0 Å². The van der Waals surface area contributed by atoms with Crippen LogP contribution < -0.4 is 0 Å². The number of hydrogen-bond donors (Lipinski definition) is 0. The molecule has 1 aromatic carbocycles. The van der Waals surface area contributed by atoms with Crippen LogP contribution in [0.1, 0.15) is 16.7 Å². The Kier molecular flexibility index (Phi) is 3.15. The molecule has 0 saturated carbocycles. The van der Waals surface area contributed by atoms with E-state index < -0.39 is 0 Å². The third kappa shape index (κ3) is 1.96. The Hall–Kier alpha value is -1.65. The highest BCUT2D eigenvalue weighted by Gasteiger charge is 2.16. The van der Waals surface area contributed by atoms with Crippen molar-refractivity contribution in [1.82, 2.24) is 19.8 Å². The highest BCUT2D eigenvalue weighted by Crippen LogP contribution is 2.29. The van der Waals surface area contributed by atoms with Crippen molar-refractivity contribution in [1.29, 1.82) is 0 Å². The number of aryl methyl sites for hydroxylation is 2. The van der Waals surface area contributed by atoms with Gasteiger partial charge >= 0.3 is 0 Å². The fourth-order valence-electron chi connectivity index (χ4n) is 2.06. The lowest BCUT2D eigenvalue weighted by Gasteiger charge is -2.06. The average molecular weight is 307 g/mol. The minimum Gasteiger partial charge on any atom is -0.191 e. The highest BCUT2D eigenvalue weighted by atomic mass is 35.5. The van der Waals surface area contributed by atoms with Crippen molar-refractivity contribution in [3.8, 4) is 11.4 Å². The van der Waals surface area contributed by atoms with Gasteiger partial charge in [0.2, 0.25) is 0 Å². The molecule has 2 aromatic heterocycles. The van der Waals surface area contributed by atoms with E-state index in [9.17, 15) is 0 Å². The summed E-state index contributed by atoms with van der Waals surface area (Å²) in [6.45, 7) is 5.85. The number of rotatable bonds is 1. The van der Waals surface area contributed by atoms with Gasteiger partial charge in [-0.3, -0.25) is 0 Å². The summed E-state index contributed by atoms with van der Waals surface area (Å²) in [7, 11) is 0. The first-order chi connectivity index (χ1) is 9.49. The molecule has 0 aliphatic rings. The molecule has 0 radical (unpaired) electrons. The standard InChI is InChI=1S/C14H12Cl2N4/c1-7-4-5-10(11(15)6-7)14-18-17-13-9(3)8(2)12(16)19-20(13)14/h4-6H,1-3H3. The van der Waals surface area contributed by atoms with E-state index >= 15 is 0 Å². The zero-order chi connectivity index (χ0) is 14.4. The minimum atomic E-state index is 0.444. The molecule has 0 spiro atoms. The van der Waals surface area contributed by atoms with Crippen molar-refractivity contribution >= 4 is 28.8 Å². The number of benzene rings is 1. The molecule has 0 atom stereocenters. The van der Waals surface area contributed by atoms with Crippen molar-refractivity contribution in [3.63, 3.8) is 0 Å². The molecule has 0 fully saturated rings. The zero-order valence-electron chi connectivity index (χ0n) is 11.3. The molecular formula is C14H12Cl2N4. The summed E-state index contributed by atoms with van der Waals surface area (Å²) in [6.07, 6.45) is 0. The molecule has 0 aliphatic carbocycles. The topological polar surface area (TPSA) is 43.1 Å². The quantitative estimate of drug-likeness (QED) is 0.682. The van der Waals surface area contributed by atoms with E-state index in [1.807, 2.05) is 39.0 Å². The maximum atomic E-state index is 6.29. The summed E-state index contributed by atoms with van der Waals surface area (Å²) in [4.78, 5) is 0. The molecule has 3 aromatic rings. The fraction of sp³-hybridized carbons (Fsp3) is 0.214. The SMILES string of the molecule is Cc1ccc(-c2nnc3c(C)c(C)c(Cl)nn23)c(Cl)c1. The first kappa shape index (κ1) is 13.3. The Morgan fingerprint density at radius 1 is 1.00 bits per heavy atom. The molecule has 0 amide bonds. The maximum Gasteiger partial charge on any atom is 0.186 e. The second-order valence-electron chi connectivity index (χ2n) is 4.78. The molecule has 0 unspecified atom stereocenters. The summed E-state index contributed by atoms with van der Waals surface area (Å²) in [5.41, 5.74) is 4.45. The van der Waals surface area contributed by atoms with E-state index in [0.29, 0.717) is 21.6 Å². The van der Waals surface area contributed by atoms with Gasteiger partial charge in [-0.15, -0.1) is 10.2 Å². The second-order valence-corrected chi connectivity index (χ2v) is 5.55. The van der Waals surface area contributed by atoms with Gasteiger partial charge < -0.3 is 0 Å². The molecule has 102 valence electrons. The number of nitrogens with zero attached hydrogens (tertiary/aromatic N) is 4. The monoisotopic (exact) mass is 306 g/mol. The fourth-order valence-corrected chi connectivity index (χ4v) is 2.60. The predicted octanol–water partition coefficient (Wildman–Crippen LogP) is 4.02. The van der Waals surface area contributed by atoms with E-state index in [-0.39, 0.29) is 0 Å². The van der Waals surface area contributed by atoms with Gasteiger partial charge in [-0.2, -0.15) is 9.61 Å². The van der Waals surface area contributed by atoms with Gasteiger partial charge in [0.15, 0.2) is 16.6 Å². The van der Waals surface area contributed by atoms with Gasteiger partial charge in [0, 0.05) is 11.1 Å². The summed E-state index contributed by atoms with van der Waals surface area (Å²) in [6, 6.07) is 5.78. The van der Waals surface area contributed by atoms with E-state index in [1.165, 1.54) is 0 Å². The van der Waals surface area contributed by atoms with Crippen LogP contribution in [0.3, 0.4) is 0 Å². The third-order valence-electron chi connectivity index (χ3n) is 3.40. The van der Waals surface area contributed by atoms with Crippen LogP contribution in [0.2, 0.25) is 10.2 Å². The van der Waals surface area contributed by atoms with Crippen LogP contribution in [-0.4, -0.2) is 19.8 Å². The number of fused-ring (bicyclic) bond motifs is 1. The van der Waals surface area contributed by atoms with Crippen LogP contribution in [0.15, 0.2) is 18.2 Å². The average Bonchev–Trinajstić information content (AvgIpc) is 2.80. The number of halogens is 2. The van der Waals surface area contributed by atoms with Crippen LogP contribution in [0.5, 0.6) is 0 Å². The first-order valence-corrected chi connectivity index (χ1v) is 6.89. The normalized spacial score (nSPS) is 11.2. The molecule has 4 nitrogen and oxygen atoms in total. The first-order valence-electron chi connectivity index (χ1n) is 6.13. The summed E-state index contributed by atoms with van der Waals surface area (Å²) in [5.74, 6) is 0.593. The van der Waals surface area contributed by atoms with Crippen molar-refractivity contribution in [2.24, 2.45) is 0 Å². The summed E-state index contributed by atoms with van der Waals surface area (Å²) < 4.78 is 1.64. The molecule has 20 heavy (non-hydrogen) atoms. The molecule has 3 rings (SSSR count). The van der Waals surface area contributed by atoms with Gasteiger partial charge in [-0.05, 0) is 44.0 Å². The Balaban J connectivity index is 2.33. The van der Waals surface area contributed by atoms with Crippen LogP contribution in [0, 0.1) is 20.8 Å². The Morgan fingerprint density at radius 2 is 1.75 bits per heavy atom.